The molecule has 0 aliphatic heterocycles. The van der Waals surface area contributed by atoms with Gasteiger partial charge in [0.25, 0.3) is 0 Å². The van der Waals surface area contributed by atoms with Crippen molar-refractivity contribution in [2.75, 3.05) is 20.3 Å². The van der Waals surface area contributed by atoms with Gasteiger partial charge in [-0.15, -0.1) is 0 Å². The molecular formula is C8H17O5P. The van der Waals surface area contributed by atoms with E-state index in [1.165, 1.54) is 0 Å². The van der Waals surface area contributed by atoms with Gasteiger partial charge in [-0.3, -0.25) is 0 Å². The summed E-state index contributed by atoms with van der Waals surface area (Å²) in [7, 11) is -2.55. The van der Waals surface area contributed by atoms with Gasteiger partial charge in [0.2, 0.25) is 0 Å². The zero-order valence-electron chi connectivity index (χ0n) is 8.82. The Balaban J connectivity index is 4.33. The fraction of sp³-hybridized carbons (Fsp3) is 0.875. The minimum atomic E-state index is -3.70. The van der Waals surface area contributed by atoms with Crippen molar-refractivity contribution in [3.63, 3.8) is 0 Å². The molecule has 0 spiro atoms. The van der Waals surface area contributed by atoms with Crippen LogP contribution in [0, 0.1) is 0 Å². The summed E-state index contributed by atoms with van der Waals surface area (Å²) in [6.07, 6.45) is 1.33. The van der Waals surface area contributed by atoms with Crippen molar-refractivity contribution in [2.45, 2.75) is 26.7 Å². The van der Waals surface area contributed by atoms with Crippen LogP contribution in [-0.4, -0.2) is 26.0 Å². The minimum Gasteiger partial charge on any atom is -0.460 e. The first-order chi connectivity index (χ1) is 6.60. The van der Waals surface area contributed by atoms with Crippen molar-refractivity contribution in [3.05, 3.63) is 0 Å². The van der Waals surface area contributed by atoms with Crippen molar-refractivity contribution in [3.8, 4) is 0 Å². The lowest BCUT2D eigenvalue weighted by atomic mass is 10.5. The van der Waals surface area contributed by atoms with Gasteiger partial charge in [0, 0.05) is 0 Å². The average molecular weight is 224 g/mol. The third-order valence-corrected chi connectivity index (χ3v) is 3.00. The highest BCUT2D eigenvalue weighted by Crippen LogP contribution is 2.50. The van der Waals surface area contributed by atoms with Crippen LogP contribution >= 0.6 is 7.60 Å². The highest BCUT2D eigenvalue weighted by Gasteiger charge is 2.35. The predicted molar refractivity (Wildman–Crippen MR) is 52.5 cm³/mol. The topological polar surface area (TPSA) is 61.8 Å². The van der Waals surface area contributed by atoms with Crippen LogP contribution in [0.15, 0.2) is 0 Å². The Kier molecular flexibility index (Phi) is 6.79. The summed E-state index contributed by atoms with van der Waals surface area (Å²) in [5, 5.41) is 0. The van der Waals surface area contributed by atoms with E-state index in [-0.39, 0.29) is 13.2 Å². The normalized spacial score (nSPS) is 11.4. The van der Waals surface area contributed by atoms with Crippen molar-refractivity contribution >= 4 is 13.3 Å². The number of hydrogen-bond donors (Lipinski definition) is 0. The van der Waals surface area contributed by atoms with E-state index in [9.17, 15) is 9.36 Å². The Morgan fingerprint density at radius 2 is 1.57 bits per heavy atom. The van der Waals surface area contributed by atoms with Crippen LogP contribution in [0.5, 0.6) is 0 Å². The van der Waals surface area contributed by atoms with Crippen LogP contribution in [0.1, 0.15) is 26.7 Å². The van der Waals surface area contributed by atoms with Crippen LogP contribution in [0.3, 0.4) is 0 Å². The van der Waals surface area contributed by atoms with Gasteiger partial charge in [-0.1, -0.05) is 13.8 Å². The number of methoxy groups -OCH3 is 1. The molecule has 0 unspecified atom stereocenters. The smallest absolute Gasteiger partial charge is 0.438 e. The molecule has 84 valence electrons. The van der Waals surface area contributed by atoms with Crippen LogP contribution in [0.4, 0.5) is 4.79 Å². The van der Waals surface area contributed by atoms with Gasteiger partial charge >= 0.3 is 13.3 Å². The highest BCUT2D eigenvalue weighted by atomic mass is 31.2. The van der Waals surface area contributed by atoms with Crippen molar-refractivity contribution in [2.24, 2.45) is 0 Å². The number of rotatable bonds is 7. The van der Waals surface area contributed by atoms with E-state index >= 15 is 0 Å². The van der Waals surface area contributed by atoms with Gasteiger partial charge in [-0.25, -0.2) is 9.36 Å². The first-order valence-corrected chi connectivity index (χ1v) is 6.12. The summed E-state index contributed by atoms with van der Waals surface area (Å²) in [5.41, 5.74) is -0.931. The van der Waals surface area contributed by atoms with Gasteiger partial charge in [0.15, 0.2) is 0 Å². The molecule has 0 saturated carbocycles. The van der Waals surface area contributed by atoms with Crippen molar-refractivity contribution < 1.29 is 23.1 Å². The number of carbonyl (C=O) groups is 1. The van der Waals surface area contributed by atoms with Gasteiger partial charge in [-0.05, 0) is 12.8 Å². The van der Waals surface area contributed by atoms with Gasteiger partial charge < -0.3 is 13.8 Å². The Hall–Kier alpha value is -0.380. The molecule has 0 aromatic rings. The van der Waals surface area contributed by atoms with E-state index in [4.69, 9.17) is 9.05 Å². The van der Waals surface area contributed by atoms with Crippen LogP contribution < -0.4 is 0 Å². The number of carbonyl (C=O) groups excluding carboxylic acids is 1. The maximum absolute atomic E-state index is 11.7. The van der Waals surface area contributed by atoms with Gasteiger partial charge in [0.05, 0.1) is 20.3 Å². The maximum atomic E-state index is 11.7. The Morgan fingerprint density at radius 3 is 1.86 bits per heavy atom. The first-order valence-electron chi connectivity index (χ1n) is 4.58. The molecule has 0 aliphatic carbocycles. The molecule has 0 aliphatic rings. The molecule has 0 heterocycles. The molecule has 0 aromatic carbocycles. The maximum Gasteiger partial charge on any atom is 0.438 e. The molecule has 0 radical (unpaired) electrons. The fourth-order valence-electron chi connectivity index (χ4n) is 0.677. The molecule has 0 aromatic heterocycles. The van der Waals surface area contributed by atoms with Crippen LogP contribution in [-0.2, 0) is 18.3 Å². The van der Waals surface area contributed by atoms with Gasteiger partial charge in [0.1, 0.15) is 0 Å². The van der Waals surface area contributed by atoms with Crippen LogP contribution in [0.25, 0.3) is 0 Å². The second-order valence-electron chi connectivity index (χ2n) is 2.63. The van der Waals surface area contributed by atoms with Crippen molar-refractivity contribution in [1.29, 1.82) is 0 Å². The Labute approximate surface area is 84.3 Å². The predicted octanol–water partition coefficient (Wildman–Crippen LogP) is 2.80. The SMILES string of the molecule is CCCOP(=O)(OCCC)C(=O)OC. The fourth-order valence-corrected chi connectivity index (χ4v) is 2.03. The van der Waals surface area contributed by atoms with E-state index in [1.807, 2.05) is 13.8 Å². The summed E-state index contributed by atoms with van der Waals surface area (Å²) in [5.74, 6) is 0. The van der Waals surface area contributed by atoms with Crippen LogP contribution in [0.2, 0.25) is 0 Å². The summed E-state index contributed by atoms with van der Waals surface area (Å²) < 4.78 is 25.9. The highest BCUT2D eigenvalue weighted by molar-refractivity contribution is 7.71. The lowest BCUT2D eigenvalue weighted by Crippen LogP contribution is -2.08. The van der Waals surface area contributed by atoms with E-state index in [1.54, 1.807) is 0 Å². The molecule has 0 saturated heterocycles. The molecule has 0 rings (SSSR count). The zero-order chi connectivity index (χ0) is 11.0. The summed E-state index contributed by atoms with van der Waals surface area (Å²) in [6.45, 7) is 4.13. The number of ether oxygens (including phenoxy) is 1. The minimum absolute atomic E-state index is 0.218. The summed E-state index contributed by atoms with van der Waals surface area (Å²) in [6, 6.07) is 0. The second-order valence-corrected chi connectivity index (χ2v) is 4.51. The first kappa shape index (κ1) is 13.6. The molecule has 14 heavy (non-hydrogen) atoms. The Bertz CT molecular complexity index is 204. The van der Waals surface area contributed by atoms with Crippen molar-refractivity contribution in [1.82, 2.24) is 0 Å². The van der Waals surface area contributed by atoms with Gasteiger partial charge in [-0.2, -0.15) is 0 Å². The number of hydrogen-bond acceptors (Lipinski definition) is 5. The molecule has 0 N–H and O–H groups in total. The average Bonchev–Trinajstić information content (AvgIpc) is 2.22. The third kappa shape index (κ3) is 4.22. The molecule has 0 amide bonds. The third-order valence-electron chi connectivity index (χ3n) is 1.33. The largest absolute Gasteiger partial charge is 0.460 e. The summed E-state index contributed by atoms with van der Waals surface area (Å²) in [4.78, 5) is 11.1. The van der Waals surface area contributed by atoms with E-state index in [2.05, 4.69) is 4.74 Å². The van der Waals surface area contributed by atoms with E-state index < -0.39 is 13.3 Å². The van der Waals surface area contributed by atoms with E-state index in [0.717, 1.165) is 7.11 Å². The molecule has 6 heteroatoms. The quantitative estimate of drug-likeness (QED) is 0.622. The molecule has 0 bridgehead atoms. The molecule has 0 fully saturated rings. The second kappa shape index (κ2) is 6.98. The molecular weight excluding hydrogens is 207 g/mol. The lowest BCUT2D eigenvalue weighted by Gasteiger charge is -2.14. The zero-order valence-corrected chi connectivity index (χ0v) is 9.71. The van der Waals surface area contributed by atoms with E-state index in [0.29, 0.717) is 12.8 Å². The Morgan fingerprint density at radius 1 is 1.14 bits per heavy atom. The molecule has 5 nitrogen and oxygen atoms in total. The summed E-state index contributed by atoms with van der Waals surface area (Å²) >= 11 is 0. The lowest BCUT2D eigenvalue weighted by molar-refractivity contribution is 0.162. The molecule has 0 atom stereocenters. The monoisotopic (exact) mass is 224 g/mol. The standard InChI is InChI=1S/C8H17O5P/c1-4-6-12-14(10,8(9)11-3)13-7-5-2/h4-7H2,1-3H3.